The predicted molar refractivity (Wildman–Crippen MR) is 230 cm³/mol. The number of ether oxygens (including phenoxy) is 1. The second-order valence-electron chi connectivity index (χ2n) is 14.9. The third kappa shape index (κ3) is 4.63. The highest BCUT2D eigenvalue weighted by Gasteiger charge is 2.51. The summed E-state index contributed by atoms with van der Waals surface area (Å²) in [5.74, 6) is 3.16. The molecule has 0 saturated carbocycles. The number of hydrogen-bond donors (Lipinski definition) is 1. The van der Waals surface area contributed by atoms with Crippen LogP contribution < -0.4 is 10.1 Å². The third-order valence-electron chi connectivity index (χ3n) is 11.9. The van der Waals surface area contributed by atoms with E-state index in [9.17, 15) is 0 Å². The first-order chi connectivity index (χ1) is 28.3. The van der Waals surface area contributed by atoms with Crippen molar-refractivity contribution in [1.82, 2.24) is 9.88 Å². The minimum absolute atomic E-state index is 0.333. The molecule has 1 unspecified atom stereocenters. The number of rotatable bonds is 4. The molecule has 1 aliphatic carbocycles. The first-order valence-electron chi connectivity index (χ1n) is 19.4. The van der Waals surface area contributed by atoms with Crippen molar-refractivity contribution in [3.8, 4) is 28.3 Å². The Balaban J connectivity index is 1.01. The molecule has 1 N–H and O–H groups in total. The zero-order valence-corrected chi connectivity index (χ0v) is 30.8. The number of para-hydroxylation sites is 3. The quantitative estimate of drug-likeness (QED) is 0.196. The van der Waals surface area contributed by atoms with Gasteiger partial charge in [-0.3, -0.25) is 0 Å². The van der Waals surface area contributed by atoms with Crippen LogP contribution in [0.15, 0.2) is 204 Å². The van der Waals surface area contributed by atoms with Crippen LogP contribution in [0.25, 0.3) is 38.6 Å². The zero-order chi connectivity index (χ0) is 37.5. The summed E-state index contributed by atoms with van der Waals surface area (Å²) in [6.45, 7) is 0. The van der Waals surface area contributed by atoms with Crippen LogP contribution in [0.3, 0.4) is 0 Å². The SMILES string of the molecule is c1ccc(C2N=C(c3ccc(-n4c5ccccc5c5ccccc54)cc3)N=C(c3ccc4c(c3)C3(c5ccccc5O4)c4ccccc4-c4ccccc43)N2)cc1. The lowest BCUT2D eigenvalue weighted by atomic mass is 9.66. The van der Waals surface area contributed by atoms with Crippen LogP contribution in [0.1, 0.15) is 45.1 Å². The second kappa shape index (κ2) is 12.3. The molecule has 1 atom stereocenters. The lowest BCUT2D eigenvalue weighted by Gasteiger charge is -2.39. The Kier molecular flexibility index (Phi) is 6.84. The number of fused-ring (bicyclic) bond motifs is 12. The van der Waals surface area contributed by atoms with Gasteiger partial charge in [0.2, 0.25) is 0 Å². The summed E-state index contributed by atoms with van der Waals surface area (Å²) in [6, 6.07) is 68.9. The van der Waals surface area contributed by atoms with Crippen molar-refractivity contribution in [3.05, 3.63) is 233 Å². The minimum Gasteiger partial charge on any atom is -0.457 e. The lowest BCUT2D eigenvalue weighted by Crippen LogP contribution is -2.35. The Morgan fingerprint density at radius 3 is 1.75 bits per heavy atom. The summed E-state index contributed by atoms with van der Waals surface area (Å²) in [4.78, 5) is 10.5. The normalized spacial score (nSPS) is 15.8. The average Bonchev–Trinajstić information content (AvgIpc) is 3.78. The van der Waals surface area contributed by atoms with Crippen molar-refractivity contribution >= 4 is 33.5 Å². The highest BCUT2D eigenvalue weighted by molar-refractivity contribution is 6.13. The van der Waals surface area contributed by atoms with Gasteiger partial charge in [0.1, 0.15) is 23.5 Å². The van der Waals surface area contributed by atoms with Gasteiger partial charge < -0.3 is 14.6 Å². The van der Waals surface area contributed by atoms with E-state index in [1.165, 1.54) is 44.1 Å². The molecule has 1 aromatic heterocycles. The van der Waals surface area contributed by atoms with E-state index in [0.29, 0.717) is 5.84 Å². The number of hydrogen-bond acceptors (Lipinski definition) is 4. The van der Waals surface area contributed by atoms with Gasteiger partial charge in [-0.1, -0.05) is 133 Å². The van der Waals surface area contributed by atoms with E-state index in [2.05, 4.69) is 198 Å². The van der Waals surface area contributed by atoms with Gasteiger partial charge in [-0.15, -0.1) is 0 Å². The molecule has 1 spiro atoms. The molecule has 5 heteroatoms. The number of amidine groups is 2. The molecule has 8 aromatic carbocycles. The van der Waals surface area contributed by atoms with Crippen molar-refractivity contribution < 1.29 is 4.74 Å². The second-order valence-corrected chi connectivity index (χ2v) is 14.9. The fraction of sp³-hybridized carbons (Fsp3) is 0.0385. The predicted octanol–water partition coefficient (Wildman–Crippen LogP) is 11.7. The molecule has 0 bridgehead atoms. The van der Waals surface area contributed by atoms with Crippen LogP contribution >= 0.6 is 0 Å². The number of aliphatic imine (C=N–C) groups is 2. The van der Waals surface area contributed by atoms with Crippen molar-refractivity contribution in [2.45, 2.75) is 11.6 Å². The van der Waals surface area contributed by atoms with E-state index < -0.39 is 5.41 Å². The molecule has 3 heterocycles. The Hall–Kier alpha value is -7.50. The summed E-state index contributed by atoms with van der Waals surface area (Å²) in [5.41, 5.74) is 13.1. The van der Waals surface area contributed by atoms with Gasteiger partial charge in [0.15, 0.2) is 5.84 Å². The van der Waals surface area contributed by atoms with Gasteiger partial charge >= 0.3 is 0 Å². The van der Waals surface area contributed by atoms with Crippen LogP contribution in [0.2, 0.25) is 0 Å². The van der Waals surface area contributed by atoms with E-state index in [1.54, 1.807) is 0 Å². The van der Waals surface area contributed by atoms with Crippen molar-refractivity contribution in [2.24, 2.45) is 9.98 Å². The molecule has 9 aromatic rings. The van der Waals surface area contributed by atoms with Crippen molar-refractivity contribution in [3.63, 3.8) is 0 Å². The van der Waals surface area contributed by atoms with Crippen molar-refractivity contribution in [2.75, 3.05) is 0 Å². The molecule has 0 radical (unpaired) electrons. The van der Waals surface area contributed by atoms with E-state index in [4.69, 9.17) is 14.7 Å². The Bertz CT molecular complexity index is 3040. The summed E-state index contributed by atoms with van der Waals surface area (Å²) in [6.07, 6.45) is -0.333. The highest BCUT2D eigenvalue weighted by atomic mass is 16.5. The maximum atomic E-state index is 6.73. The molecule has 3 aliphatic rings. The number of nitrogens with zero attached hydrogens (tertiary/aromatic N) is 3. The Morgan fingerprint density at radius 1 is 0.491 bits per heavy atom. The fourth-order valence-electron chi connectivity index (χ4n) is 9.50. The summed E-state index contributed by atoms with van der Waals surface area (Å²) >= 11 is 0. The third-order valence-corrected chi connectivity index (χ3v) is 11.9. The first kappa shape index (κ1) is 31.8. The average molecular weight is 731 g/mol. The van der Waals surface area contributed by atoms with Crippen LogP contribution in [0, 0.1) is 0 Å². The van der Waals surface area contributed by atoms with Gasteiger partial charge in [0.25, 0.3) is 0 Å². The molecule has 0 fully saturated rings. The van der Waals surface area contributed by atoms with Gasteiger partial charge in [0.05, 0.1) is 16.4 Å². The van der Waals surface area contributed by atoms with Gasteiger partial charge in [0, 0.05) is 38.7 Å². The van der Waals surface area contributed by atoms with E-state index in [0.717, 1.165) is 50.8 Å². The molecule has 57 heavy (non-hydrogen) atoms. The maximum absolute atomic E-state index is 6.73. The summed E-state index contributed by atoms with van der Waals surface area (Å²) in [7, 11) is 0. The van der Waals surface area contributed by atoms with Crippen LogP contribution in [-0.4, -0.2) is 16.2 Å². The van der Waals surface area contributed by atoms with Crippen molar-refractivity contribution in [1.29, 1.82) is 0 Å². The van der Waals surface area contributed by atoms with E-state index in [-0.39, 0.29) is 6.17 Å². The fourth-order valence-corrected chi connectivity index (χ4v) is 9.50. The summed E-state index contributed by atoms with van der Waals surface area (Å²) < 4.78 is 9.06. The number of aromatic nitrogens is 1. The molecule has 12 rings (SSSR count). The lowest BCUT2D eigenvalue weighted by molar-refractivity contribution is 0.436. The smallest absolute Gasteiger partial charge is 0.159 e. The first-order valence-corrected chi connectivity index (χ1v) is 19.4. The summed E-state index contributed by atoms with van der Waals surface area (Å²) in [5, 5.41) is 6.20. The Labute approximate surface area is 329 Å². The number of benzene rings is 8. The van der Waals surface area contributed by atoms with Gasteiger partial charge in [-0.2, -0.15) is 0 Å². The van der Waals surface area contributed by atoms with Crippen LogP contribution in [0.5, 0.6) is 11.5 Å². The minimum atomic E-state index is -0.568. The zero-order valence-electron chi connectivity index (χ0n) is 30.8. The highest BCUT2D eigenvalue weighted by Crippen LogP contribution is 2.62. The molecule has 0 saturated heterocycles. The Morgan fingerprint density at radius 2 is 1.05 bits per heavy atom. The molecule has 2 aliphatic heterocycles. The molecule has 0 amide bonds. The standard InChI is InChI=1S/C52H34N4O/c1-2-14-33(15-3-1)49-53-50(34-26-29-36(30-27-34)56-45-23-11-6-18-39(45)40-19-7-12-24-46(40)56)55-51(54-49)35-28-31-48-44(32-35)52(43-22-10-13-25-47(43)57-48)41-20-8-4-16-37(41)38-17-5-9-21-42(38)52/h1-32,49H,(H,53,54,55). The monoisotopic (exact) mass is 730 g/mol. The molecule has 268 valence electrons. The van der Waals surface area contributed by atoms with Crippen LogP contribution in [-0.2, 0) is 5.41 Å². The van der Waals surface area contributed by atoms with Crippen LogP contribution in [0.4, 0.5) is 0 Å². The van der Waals surface area contributed by atoms with E-state index in [1.807, 2.05) is 6.07 Å². The van der Waals surface area contributed by atoms with Gasteiger partial charge in [-0.25, -0.2) is 9.98 Å². The number of nitrogens with one attached hydrogen (secondary N) is 1. The molecular formula is C52H34N4O. The maximum Gasteiger partial charge on any atom is 0.159 e. The topological polar surface area (TPSA) is 50.9 Å². The van der Waals surface area contributed by atoms with E-state index >= 15 is 0 Å². The molecular weight excluding hydrogens is 697 g/mol. The van der Waals surface area contributed by atoms with Gasteiger partial charge in [-0.05, 0) is 88.5 Å². The largest absolute Gasteiger partial charge is 0.457 e. The molecule has 5 nitrogen and oxygen atoms in total.